The first-order valence-corrected chi connectivity index (χ1v) is 4.34. The second-order valence-corrected chi connectivity index (χ2v) is 4.45. The predicted molar refractivity (Wildman–Crippen MR) is 37.4 cm³/mol. The van der Waals surface area contributed by atoms with Crippen molar-refractivity contribution in [3.05, 3.63) is 0 Å². The van der Waals surface area contributed by atoms with Crippen LogP contribution in [0.1, 0.15) is 27.2 Å². The molecule has 1 heteroatoms. The Bertz CT molecular complexity index is 41.4. The molecule has 0 aromatic rings. The fraction of sp³-hybridized carbons (Fsp3) is 1.00. The minimum absolute atomic E-state index is 0.928. The van der Waals surface area contributed by atoms with Gasteiger partial charge in [-0.1, -0.05) is 0 Å². The van der Waals surface area contributed by atoms with Crippen molar-refractivity contribution in [3.8, 4) is 0 Å². The third-order valence-electron chi connectivity index (χ3n) is 1.54. The molecule has 3 unspecified atom stereocenters. The zero-order chi connectivity index (χ0) is 5.86. The van der Waals surface area contributed by atoms with E-state index in [4.69, 9.17) is 0 Å². The van der Waals surface area contributed by atoms with Crippen LogP contribution in [-0.2, 0) is 0 Å². The Kier molecular flexibility index (Phi) is 3.83. The van der Waals surface area contributed by atoms with Crippen molar-refractivity contribution in [1.29, 1.82) is 0 Å². The van der Waals surface area contributed by atoms with E-state index in [1.54, 1.807) is 0 Å². The summed E-state index contributed by atoms with van der Waals surface area (Å²) < 4.78 is 0.928. The van der Waals surface area contributed by atoms with Gasteiger partial charge in [-0.2, -0.15) is 0 Å². The molecule has 0 bridgehead atoms. The molecule has 0 rings (SSSR count). The molecule has 0 N–H and O–H groups in total. The summed E-state index contributed by atoms with van der Waals surface area (Å²) >= 11 is 1.86. The van der Waals surface area contributed by atoms with E-state index in [1.165, 1.54) is 6.42 Å². The molecule has 0 fully saturated rings. The van der Waals surface area contributed by atoms with Crippen molar-refractivity contribution in [3.63, 3.8) is 0 Å². The van der Waals surface area contributed by atoms with Gasteiger partial charge in [0.2, 0.25) is 0 Å². The van der Waals surface area contributed by atoms with Crippen LogP contribution >= 0.6 is 0 Å². The minimum atomic E-state index is 0.928. The Balaban J connectivity index is 3.14. The Morgan fingerprint density at radius 1 is 1.43 bits per heavy atom. The van der Waals surface area contributed by atoms with Crippen LogP contribution in [0.2, 0.25) is 4.71 Å². The molecular weight excluding hydrogens is 147 g/mol. The van der Waals surface area contributed by atoms with Crippen LogP contribution in [0.3, 0.4) is 0 Å². The van der Waals surface area contributed by atoms with Crippen LogP contribution in [0.5, 0.6) is 0 Å². The molecule has 0 spiro atoms. The molecule has 0 aliphatic carbocycles. The predicted octanol–water partition coefficient (Wildman–Crippen LogP) is 1.47. The van der Waals surface area contributed by atoms with Crippen molar-refractivity contribution in [2.45, 2.75) is 31.9 Å². The summed E-state index contributed by atoms with van der Waals surface area (Å²) in [7, 11) is 0. The van der Waals surface area contributed by atoms with Crippen LogP contribution in [-0.4, -0.2) is 16.9 Å². The average Bonchev–Trinajstić information content (AvgIpc) is 1.65. The monoisotopic (exact) mass is 162 g/mol. The molecular formula is C6H15As. The van der Waals surface area contributed by atoms with E-state index in [0.29, 0.717) is 0 Å². The molecule has 0 aromatic heterocycles. The van der Waals surface area contributed by atoms with Crippen LogP contribution in [0.25, 0.3) is 0 Å². The summed E-state index contributed by atoms with van der Waals surface area (Å²) in [5.74, 6) is 0.931. The van der Waals surface area contributed by atoms with E-state index in [0.717, 1.165) is 10.6 Å². The molecule has 0 nitrogen and oxygen atoms in total. The fourth-order valence-electron chi connectivity index (χ4n) is 0.372. The second-order valence-electron chi connectivity index (χ2n) is 2.24. The third kappa shape index (κ3) is 3.17. The van der Waals surface area contributed by atoms with Gasteiger partial charge in [0.05, 0.1) is 0 Å². The van der Waals surface area contributed by atoms with E-state index in [-0.39, 0.29) is 0 Å². The molecule has 7 heavy (non-hydrogen) atoms. The van der Waals surface area contributed by atoms with Gasteiger partial charge < -0.3 is 0 Å². The Morgan fingerprint density at radius 2 is 1.86 bits per heavy atom. The van der Waals surface area contributed by atoms with Crippen molar-refractivity contribution < 1.29 is 0 Å². The molecule has 3 atom stereocenters. The quantitative estimate of drug-likeness (QED) is 0.539. The van der Waals surface area contributed by atoms with Crippen molar-refractivity contribution in [1.82, 2.24) is 0 Å². The van der Waals surface area contributed by atoms with Crippen molar-refractivity contribution in [2.24, 2.45) is 5.92 Å². The summed E-state index contributed by atoms with van der Waals surface area (Å²) in [6.45, 7) is 6.86. The maximum atomic E-state index is 2.31. The molecule has 0 heterocycles. The summed E-state index contributed by atoms with van der Waals surface area (Å²) in [6.07, 6.45) is 1.33. The first kappa shape index (κ1) is 7.56. The molecule has 0 aliphatic rings. The van der Waals surface area contributed by atoms with Gasteiger partial charge in [0.15, 0.2) is 0 Å². The molecule has 0 aliphatic heterocycles. The second kappa shape index (κ2) is 3.55. The molecule has 44 valence electrons. The Hall–Kier alpha value is 0.558. The first-order chi connectivity index (χ1) is 3.18. The number of hydrogen-bond donors (Lipinski definition) is 0. The van der Waals surface area contributed by atoms with Crippen molar-refractivity contribution >= 4 is 16.9 Å². The molecule has 0 saturated carbocycles. The van der Waals surface area contributed by atoms with Crippen LogP contribution in [0.4, 0.5) is 0 Å². The molecule has 0 amide bonds. The zero-order valence-electron chi connectivity index (χ0n) is 5.44. The summed E-state index contributed by atoms with van der Waals surface area (Å²) in [4.78, 5) is 0. The summed E-state index contributed by atoms with van der Waals surface area (Å²) in [6, 6.07) is 0. The van der Waals surface area contributed by atoms with E-state index in [2.05, 4.69) is 20.8 Å². The fourth-order valence-corrected chi connectivity index (χ4v) is 0.943. The normalized spacial score (nSPS) is 18.9. The van der Waals surface area contributed by atoms with Crippen LogP contribution < -0.4 is 0 Å². The van der Waals surface area contributed by atoms with E-state index in [1.807, 2.05) is 16.9 Å². The van der Waals surface area contributed by atoms with Gasteiger partial charge >= 0.3 is 54.7 Å². The van der Waals surface area contributed by atoms with Gasteiger partial charge in [-0.3, -0.25) is 0 Å². The first-order valence-electron chi connectivity index (χ1n) is 2.94. The Morgan fingerprint density at radius 3 is 1.86 bits per heavy atom. The Labute approximate surface area is 55.2 Å². The SMILES string of the molecule is CCC(C)C(C)[AsH2]. The van der Waals surface area contributed by atoms with Gasteiger partial charge in [-0.15, -0.1) is 0 Å². The third-order valence-corrected chi connectivity index (χ3v) is 2.92. The van der Waals surface area contributed by atoms with Gasteiger partial charge in [0, 0.05) is 0 Å². The summed E-state index contributed by atoms with van der Waals surface area (Å²) in [5.41, 5.74) is 0. The maximum absolute atomic E-state index is 2.31. The van der Waals surface area contributed by atoms with Gasteiger partial charge in [-0.25, -0.2) is 0 Å². The van der Waals surface area contributed by atoms with Crippen LogP contribution in [0, 0.1) is 5.92 Å². The average molecular weight is 162 g/mol. The van der Waals surface area contributed by atoms with E-state index < -0.39 is 0 Å². The van der Waals surface area contributed by atoms with Gasteiger partial charge in [0.25, 0.3) is 0 Å². The number of hydrogen-bond acceptors (Lipinski definition) is 0. The topological polar surface area (TPSA) is 0 Å². The van der Waals surface area contributed by atoms with Gasteiger partial charge in [-0.05, 0) is 0 Å². The standard InChI is InChI=1S/C6H15As/c1-4-5(2)6(3)7/h5-6H,4,7H2,1-3H3. The van der Waals surface area contributed by atoms with Crippen molar-refractivity contribution in [2.75, 3.05) is 0 Å². The summed E-state index contributed by atoms with van der Waals surface area (Å²) in [5, 5.41) is 0. The van der Waals surface area contributed by atoms with Gasteiger partial charge in [0.1, 0.15) is 0 Å². The van der Waals surface area contributed by atoms with E-state index in [9.17, 15) is 0 Å². The van der Waals surface area contributed by atoms with Crippen LogP contribution in [0.15, 0.2) is 0 Å². The zero-order valence-corrected chi connectivity index (χ0v) is 7.86. The number of rotatable bonds is 2. The van der Waals surface area contributed by atoms with E-state index >= 15 is 0 Å². The molecule has 0 aromatic carbocycles. The molecule has 0 radical (unpaired) electrons. The molecule has 0 saturated heterocycles.